The largest absolute Gasteiger partial charge is 0.493 e. The zero-order chi connectivity index (χ0) is 20.4. The molecule has 0 spiro atoms. The van der Waals surface area contributed by atoms with Gasteiger partial charge in [0.15, 0.2) is 17.5 Å². The molecule has 0 saturated carbocycles. The summed E-state index contributed by atoms with van der Waals surface area (Å²) in [4.78, 5) is 6.86. The van der Waals surface area contributed by atoms with E-state index in [1.807, 2.05) is 32.0 Å². The Kier molecular flexibility index (Phi) is 11.5. The van der Waals surface area contributed by atoms with E-state index in [4.69, 9.17) is 14.5 Å². The van der Waals surface area contributed by atoms with Crippen LogP contribution in [0.2, 0.25) is 0 Å². The lowest BCUT2D eigenvalue weighted by Crippen LogP contribution is -2.30. The van der Waals surface area contributed by atoms with Crippen molar-refractivity contribution in [2.24, 2.45) is 4.99 Å². The first-order valence-electron chi connectivity index (χ1n) is 9.64. The number of guanidine groups is 1. The molecule has 0 heterocycles. The third kappa shape index (κ3) is 8.49. The summed E-state index contributed by atoms with van der Waals surface area (Å²) in [5, 5.41) is 6.61. The number of nitrogens with zero attached hydrogens (tertiary/aromatic N) is 2. The summed E-state index contributed by atoms with van der Waals surface area (Å²) in [6, 6.07) is 14.3. The number of halogens is 1. The highest BCUT2D eigenvalue weighted by atomic mass is 127. The predicted octanol–water partition coefficient (Wildman–Crippen LogP) is 4.35. The van der Waals surface area contributed by atoms with Crippen molar-refractivity contribution >= 4 is 35.6 Å². The minimum Gasteiger partial charge on any atom is -0.493 e. The van der Waals surface area contributed by atoms with E-state index in [1.54, 1.807) is 7.11 Å². The van der Waals surface area contributed by atoms with E-state index in [-0.39, 0.29) is 24.0 Å². The molecular formula is C22H33IN4O2. The van der Waals surface area contributed by atoms with Gasteiger partial charge in [-0.05, 0) is 51.2 Å². The Morgan fingerprint density at radius 3 is 2.28 bits per heavy atom. The number of methoxy groups -OCH3 is 1. The van der Waals surface area contributed by atoms with E-state index in [2.05, 4.69) is 53.9 Å². The highest BCUT2D eigenvalue weighted by molar-refractivity contribution is 14.0. The lowest BCUT2D eigenvalue weighted by Gasteiger charge is -2.14. The lowest BCUT2D eigenvalue weighted by atomic mass is 10.1. The molecule has 0 aliphatic rings. The summed E-state index contributed by atoms with van der Waals surface area (Å²) in [6.45, 7) is 6.90. The molecule has 0 saturated heterocycles. The number of hydrogen-bond donors (Lipinski definition) is 2. The summed E-state index contributed by atoms with van der Waals surface area (Å²) in [7, 11) is 5.78. The molecule has 7 heteroatoms. The van der Waals surface area contributed by atoms with Crippen molar-refractivity contribution in [1.29, 1.82) is 0 Å². The zero-order valence-corrected chi connectivity index (χ0v) is 20.3. The molecule has 2 rings (SSSR count). The van der Waals surface area contributed by atoms with E-state index in [1.165, 1.54) is 11.1 Å². The van der Waals surface area contributed by atoms with Gasteiger partial charge in [-0.1, -0.05) is 24.3 Å². The van der Waals surface area contributed by atoms with Gasteiger partial charge >= 0.3 is 0 Å². The summed E-state index contributed by atoms with van der Waals surface area (Å²) in [5.41, 5.74) is 3.36. The minimum absolute atomic E-state index is 0. The van der Waals surface area contributed by atoms with Crippen molar-refractivity contribution in [3.8, 4) is 11.5 Å². The highest BCUT2D eigenvalue weighted by Crippen LogP contribution is 2.30. The zero-order valence-electron chi connectivity index (χ0n) is 18.0. The van der Waals surface area contributed by atoms with Crippen molar-refractivity contribution < 1.29 is 9.47 Å². The number of anilines is 1. The van der Waals surface area contributed by atoms with Crippen LogP contribution in [-0.2, 0) is 13.1 Å². The molecule has 6 nitrogen and oxygen atoms in total. The van der Waals surface area contributed by atoms with Crippen LogP contribution in [0, 0.1) is 0 Å². The first kappa shape index (κ1) is 25.0. The molecule has 2 N–H and O–H groups in total. The Morgan fingerprint density at radius 2 is 1.69 bits per heavy atom. The number of rotatable bonds is 9. The Bertz CT molecular complexity index is 764. The second-order valence-electron chi connectivity index (χ2n) is 6.67. The molecule has 0 aliphatic carbocycles. The van der Waals surface area contributed by atoms with Crippen LogP contribution in [-0.4, -0.2) is 45.2 Å². The van der Waals surface area contributed by atoms with E-state index in [9.17, 15) is 0 Å². The molecule has 29 heavy (non-hydrogen) atoms. The fourth-order valence-electron chi connectivity index (χ4n) is 2.75. The molecule has 0 aromatic heterocycles. The molecule has 0 radical (unpaired) electrons. The van der Waals surface area contributed by atoms with Crippen molar-refractivity contribution in [1.82, 2.24) is 10.2 Å². The first-order chi connectivity index (χ1) is 13.5. The fraction of sp³-hybridized carbons (Fsp3) is 0.409. The van der Waals surface area contributed by atoms with Gasteiger partial charge in [-0.2, -0.15) is 0 Å². The van der Waals surface area contributed by atoms with Crippen LogP contribution in [0.25, 0.3) is 0 Å². The van der Waals surface area contributed by atoms with Gasteiger partial charge in [-0.15, -0.1) is 24.0 Å². The maximum Gasteiger partial charge on any atom is 0.196 e. The average Bonchev–Trinajstić information content (AvgIpc) is 2.67. The van der Waals surface area contributed by atoms with Gasteiger partial charge in [-0.25, -0.2) is 4.99 Å². The monoisotopic (exact) mass is 512 g/mol. The summed E-state index contributed by atoms with van der Waals surface area (Å²) in [6.07, 6.45) is 0. The van der Waals surface area contributed by atoms with Crippen LogP contribution in [0.15, 0.2) is 47.5 Å². The first-order valence-corrected chi connectivity index (χ1v) is 9.64. The standard InChI is InChI=1S/C22H32N4O2.HI/c1-6-23-22(24-15-17-8-10-18(11-9-17)16-26(3)4)25-19-12-13-20(27-5)21(14-19)28-7-2;/h8-14H,6-7,15-16H2,1-5H3,(H2,23,24,25);1H. The lowest BCUT2D eigenvalue weighted by molar-refractivity contribution is 0.311. The number of hydrogen-bond acceptors (Lipinski definition) is 4. The van der Waals surface area contributed by atoms with Crippen LogP contribution >= 0.6 is 24.0 Å². The highest BCUT2D eigenvalue weighted by Gasteiger charge is 2.07. The molecule has 2 aromatic rings. The minimum atomic E-state index is 0. The predicted molar refractivity (Wildman–Crippen MR) is 132 cm³/mol. The Hall–Kier alpha value is -2.00. The van der Waals surface area contributed by atoms with Crippen LogP contribution < -0.4 is 20.1 Å². The van der Waals surface area contributed by atoms with Gasteiger partial charge < -0.3 is 25.0 Å². The normalized spacial score (nSPS) is 11.0. The van der Waals surface area contributed by atoms with Gasteiger partial charge in [-0.3, -0.25) is 0 Å². The van der Waals surface area contributed by atoms with Crippen LogP contribution in [0.5, 0.6) is 11.5 Å². The van der Waals surface area contributed by atoms with Crippen LogP contribution in [0.1, 0.15) is 25.0 Å². The number of aliphatic imine (C=N–C) groups is 1. The van der Waals surface area contributed by atoms with Crippen LogP contribution in [0.3, 0.4) is 0 Å². The molecule has 0 fully saturated rings. The van der Waals surface area contributed by atoms with Gasteiger partial charge in [0.25, 0.3) is 0 Å². The second kappa shape index (κ2) is 13.3. The summed E-state index contributed by atoms with van der Waals surface area (Å²) in [5.74, 6) is 2.15. The van der Waals surface area contributed by atoms with Crippen molar-refractivity contribution in [2.75, 3.05) is 39.7 Å². The van der Waals surface area contributed by atoms with Crippen LogP contribution in [0.4, 0.5) is 5.69 Å². The van der Waals surface area contributed by atoms with E-state index < -0.39 is 0 Å². The molecular weight excluding hydrogens is 479 g/mol. The molecule has 0 aliphatic heterocycles. The third-order valence-corrected chi connectivity index (χ3v) is 4.01. The maximum absolute atomic E-state index is 5.65. The average molecular weight is 512 g/mol. The maximum atomic E-state index is 5.65. The molecule has 0 atom stereocenters. The second-order valence-corrected chi connectivity index (χ2v) is 6.67. The summed E-state index contributed by atoms with van der Waals surface area (Å²) < 4.78 is 11.0. The molecule has 2 aromatic carbocycles. The topological polar surface area (TPSA) is 58.1 Å². The SMILES string of the molecule is CCNC(=NCc1ccc(CN(C)C)cc1)Nc1ccc(OC)c(OCC)c1.I. The fourth-order valence-corrected chi connectivity index (χ4v) is 2.75. The van der Waals surface area contributed by atoms with Crippen molar-refractivity contribution in [2.45, 2.75) is 26.9 Å². The molecule has 160 valence electrons. The summed E-state index contributed by atoms with van der Waals surface area (Å²) >= 11 is 0. The number of ether oxygens (including phenoxy) is 2. The van der Waals surface area contributed by atoms with Crippen molar-refractivity contribution in [3.05, 3.63) is 53.6 Å². The van der Waals surface area contributed by atoms with E-state index in [0.717, 1.165) is 24.7 Å². The molecule has 0 unspecified atom stereocenters. The van der Waals surface area contributed by atoms with Gasteiger partial charge in [0.05, 0.1) is 20.3 Å². The van der Waals surface area contributed by atoms with Gasteiger partial charge in [0.2, 0.25) is 0 Å². The van der Waals surface area contributed by atoms with E-state index >= 15 is 0 Å². The van der Waals surface area contributed by atoms with Gasteiger partial charge in [0.1, 0.15) is 0 Å². The smallest absolute Gasteiger partial charge is 0.196 e. The molecule has 0 bridgehead atoms. The van der Waals surface area contributed by atoms with Gasteiger partial charge in [0, 0.05) is 24.8 Å². The van der Waals surface area contributed by atoms with E-state index in [0.29, 0.717) is 24.7 Å². The quantitative estimate of drug-likeness (QED) is 0.297. The molecule has 0 amide bonds. The Morgan fingerprint density at radius 1 is 1.00 bits per heavy atom. The number of benzene rings is 2. The Balaban J connectivity index is 0.00000420. The number of nitrogens with one attached hydrogen (secondary N) is 2. The Labute approximate surface area is 191 Å². The third-order valence-electron chi connectivity index (χ3n) is 4.01. The van der Waals surface area contributed by atoms with Crippen molar-refractivity contribution in [3.63, 3.8) is 0 Å².